The minimum Gasteiger partial charge on any atom is -0.375 e. The van der Waals surface area contributed by atoms with Gasteiger partial charge in [-0.3, -0.25) is 4.79 Å². The monoisotopic (exact) mass is 195 g/mol. The van der Waals surface area contributed by atoms with Crippen molar-refractivity contribution < 1.29 is 9.53 Å². The molecule has 0 aromatic heterocycles. The van der Waals surface area contributed by atoms with Gasteiger partial charge in [0.05, 0.1) is 0 Å². The first-order chi connectivity index (χ1) is 6.79. The lowest BCUT2D eigenvalue weighted by molar-refractivity contribution is -0.124. The topological polar surface area (TPSA) is 38.3 Å². The molecule has 1 saturated carbocycles. The number of fused-ring (bicyclic) bond motifs is 2. The number of hydrogen-bond acceptors (Lipinski definition) is 2. The fourth-order valence-corrected chi connectivity index (χ4v) is 2.56. The van der Waals surface area contributed by atoms with Crippen molar-refractivity contribution in [2.24, 2.45) is 17.8 Å². The lowest BCUT2D eigenvalue weighted by atomic mass is 9.94. The van der Waals surface area contributed by atoms with Crippen LogP contribution in [0.25, 0.3) is 0 Å². The summed E-state index contributed by atoms with van der Waals surface area (Å²) >= 11 is 0. The third-order valence-electron chi connectivity index (χ3n) is 3.25. The number of nitrogens with one attached hydrogen (secondary N) is 1. The van der Waals surface area contributed by atoms with E-state index in [-0.39, 0.29) is 12.5 Å². The van der Waals surface area contributed by atoms with Crippen LogP contribution in [-0.2, 0) is 9.53 Å². The predicted molar refractivity (Wildman–Crippen MR) is 53.7 cm³/mol. The molecular weight excluding hydrogens is 178 g/mol. The molecule has 1 N–H and O–H groups in total. The van der Waals surface area contributed by atoms with E-state index >= 15 is 0 Å². The minimum absolute atomic E-state index is 0.000692. The van der Waals surface area contributed by atoms with Gasteiger partial charge in [-0.25, -0.2) is 0 Å². The summed E-state index contributed by atoms with van der Waals surface area (Å²) in [4.78, 5) is 11.2. The van der Waals surface area contributed by atoms with Crippen LogP contribution in [0.4, 0.5) is 0 Å². The molecule has 0 aromatic carbocycles. The molecule has 3 atom stereocenters. The molecule has 1 fully saturated rings. The zero-order valence-corrected chi connectivity index (χ0v) is 8.53. The molecule has 2 aliphatic carbocycles. The van der Waals surface area contributed by atoms with E-state index in [1.54, 1.807) is 7.11 Å². The van der Waals surface area contributed by atoms with E-state index in [1.807, 2.05) is 0 Å². The highest BCUT2D eigenvalue weighted by Crippen LogP contribution is 2.42. The fraction of sp³-hybridized carbons (Fsp3) is 0.727. The van der Waals surface area contributed by atoms with Crippen molar-refractivity contribution in [3.8, 4) is 0 Å². The molecule has 0 heterocycles. The second-order valence-electron chi connectivity index (χ2n) is 4.28. The summed E-state index contributed by atoms with van der Waals surface area (Å²) < 4.78 is 4.75. The van der Waals surface area contributed by atoms with Crippen LogP contribution in [0.1, 0.15) is 12.8 Å². The molecule has 0 radical (unpaired) electrons. The van der Waals surface area contributed by atoms with Gasteiger partial charge < -0.3 is 10.1 Å². The third kappa shape index (κ3) is 1.98. The molecule has 0 aliphatic heterocycles. The van der Waals surface area contributed by atoms with Gasteiger partial charge in [-0.05, 0) is 30.6 Å². The second-order valence-corrected chi connectivity index (χ2v) is 4.28. The summed E-state index contributed by atoms with van der Waals surface area (Å²) in [5.74, 6) is 2.15. The standard InChI is InChI=1S/C11H17NO2/c1-14-7-11(13)12-6-10-5-8-2-3-9(10)4-8/h2-3,8-10H,4-7H2,1H3,(H,12,13)/t8-,9+,10-/m1/s1. The van der Waals surface area contributed by atoms with Gasteiger partial charge in [0.1, 0.15) is 6.61 Å². The van der Waals surface area contributed by atoms with Crippen LogP contribution < -0.4 is 5.32 Å². The van der Waals surface area contributed by atoms with Gasteiger partial charge in [0.25, 0.3) is 0 Å². The summed E-state index contributed by atoms with van der Waals surface area (Å²) in [6, 6.07) is 0. The largest absolute Gasteiger partial charge is 0.375 e. The van der Waals surface area contributed by atoms with Crippen molar-refractivity contribution in [3.05, 3.63) is 12.2 Å². The van der Waals surface area contributed by atoms with Gasteiger partial charge in [0, 0.05) is 13.7 Å². The SMILES string of the molecule is COCC(=O)NC[C@H]1C[C@@H]2C=C[C@H]1C2. The smallest absolute Gasteiger partial charge is 0.245 e. The number of rotatable bonds is 4. The van der Waals surface area contributed by atoms with E-state index in [0.717, 1.165) is 12.5 Å². The Morgan fingerprint density at radius 2 is 2.36 bits per heavy atom. The molecule has 1 amide bonds. The van der Waals surface area contributed by atoms with Crippen molar-refractivity contribution in [2.75, 3.05) is 20.3 Å². The quantitative estimate of drug-likeness (QED) is 0.679. The van der Waals surface area contributed by atoms with Crippen LogP contribution in [0.5, 0.6) is 0 Å². The van der Waals surface area contributed by atoms with Crippen LogP contribution in [0.3, 0.4) is 0 Å². The highest BCUT2D eigenvalue weighted by molar-refractivity contribution is 5.77. The van der Waals surface area contributed by atoms with Crippen LogP contribution in [0.2, 0.25) is 0 Å². The Labute approximate surface area is 84.5 Å². The number of ether oxygens (including phenoxy) is 1. The molecule has 2 bridgehead atoms. The Kier molecular flexibility index (Phi) is 2.87. The Morgan fingerprint density at radius 1 is 1.50 bits per heavy atom. The highest BCUT2D eigenvalue weighted by atomic mass is 16.5. The van der Waals surface area contributed by atoms with Crippen LogP contribution in [0, 0.1) is 17.8 Å². The maximum absolute atomic E-state index is 11.2. The van der Waals surface area contributed by atoms with Crippen LogP contribution >= 0.6 is 0 Å². The maximum atomic E-state index is 11.2. The van der Waals surface area contributed by atoms with E-state index in [4.69, 9.17) is 4.74 Å². The van der Waals surface area contributed by atoms with E-state index in [9.17, 15) is 4.79 Å². The summed E-state index contributed by atoms with van der Waals surface area (Å²) in [5, 5.41) is 2.91. The fourth-order valence-electron chi connectivity index (χ4n) is 2.56. The van der Waals surface area contributed by atoms with Gasteiger partial charge in [-0.1, -0.05) is 12.2 Å². The van der Waals surface area contributed by atoms with Gasteiger partial charge in [-0.2, -0.15) is 0 Å². The normalized spacial score (nSPS) is 33.6. The average Bonchev–Trinajstić information content (AvgIpc) is 2.76. The lowest BCUT2D eigenvalue weighted by Crippen LogP contribution is -2.33. The number of allylic oxidation sites excluding steroid dienone is 2. The van der Waals surface area contributed by atoms with Crippen LogP contribution in [0.15, 0.2) is 12.2 Å². The Bertz CT molecular complexity index is 250. The van der Waals surface area contributed by atoms with E-state index in [2.05, 4.69) is 17.5 Å². The Morgan fingerprint density at radius 3 is 2.93 bits per heavy atom. The summed E-state index contributed by atoms with van der Waals surface area (Å²) in [6.45, 7) is 0.990. The molecular formula is C11H17NO2. The van der Waals surface area contributed by atoms with Gasteiger partial charge in [-0.15, -0.1) is 0 Å². The predicted octanol–water partition coefficient (Wildman–Crippen LogP) is 0.961. The maximum Gasteiger partial charge on any atom is 0.245 e. The first-order valence-electron chi connectivity index (χ1n) is 5.23. The zero-order valence-electron chi connectivity index (χ0n) is 8.53. The first-order valence-corrected chi connectivity index (χ1v) is 5.23. The van der Waals surface area contributed by atoms with E-state index < -0.39 is 0 Å². The molecule has 0 aromatic rings. The van der Waals surface area contributed by atoms with Crippen LogP contribution in [-0.4, -0.2) is 26.2 Å². The number of hydrogen-bond donors (Lipinski definition) is 1. The van der Waals surface area contributed by atoms with E-state index in [0.29, 0.717) is 11.8 Å². The van der Waals surface area contributed by atoms with Crippen molar-refractivity contribution >= 4 is 5.91 Å². The molecule has 14 heavy (non-hydrogen) atoms. The molecule has 3 nitrogen and oxygen atoms in total. The molecule has 2 rings (SSSR count). The summed E-state index contributed by atoms with van der Waals surface area (Å²) in [5.41, 5.74) is 0. The number of methoxy groups -OCH3 is 1. The zero-order chi connectivity index (χ0) is 9.97. The van der Waals surface area contributed by atoms with Crippen molar-refractivity contribution in [1.29, 1.82) is 0 Å². The molecule has 0 saturated heterocycles. The van der Waals surface area contributed by atoms with Gasteiger partial charge >= 0.3 is 0 Å². The molecule has 0 unspecified atom stereocenters. The molecule has 2 aliphatic rings. The average molecular weight is 195 g/mol. The minimum atomic E-state index is -0.000692. The molecule has 3 heteroatoms. The Hall–Kier alpha value is -0.830. The summed E-state index contributed by atoms with van der Waals surface area (Å²) in [7, 11) is 1.54. The highest BCUT2D eigenvalue weighted by Gasteiger charge is 2.35. The van der Waals surface area contributed by atoms with Crippen molar-refractivity contribution in [1.82, 2.24) is 5.32 Å². The number of carbonyl (C=O) groups excluding carboxylic acids is 1. The molecule has 78 valence electrons. The molecule has 0 spiro atoms. The summed E-state index contributed by atoms with van der Waals surface area (Å²) in [6.07, 6.45) is 7.17. The third-order valence-corrected chi connectivity index (χ3v) is 3.25. The van der Waals surface area contributed by atoms with Gasteiger partial charge in [0.2, 0.25) is 5.91 Å². The first kappa shape index (κ1) is 9.71. The van der Waals surface area contributed by atoms with Crippen molar-refractivity contribution in [3.63, 3.8) is 0 Å². The van der Waals surface area contributed by atoms with Gasteiger partial charge in [0.15, 0.2) is 0 Å². The number of amides is 1. The van der Waals surface area contributed by atoms with E-state index in [1.165, 1.54) is 12.8 Å². The second kappa shape index (κ2) is 4.13. The Balaban J connectivity index is 1.72. The lowest BCUT2D eigenvalue weighted by Gasteiger charge is -2.18. The van der Waals surface area contributed by atoms with Crippen molar-refractivity contribution in [2.45, 2.75) is 12.8 Å². The number of carbonyl (C=O) groups is 1.